The highest BCUT2D eigenvalue weighted by atomic mass is 35.5. The van der Waals surface area contributed by atoms with E-state index < -0.39 is 11.1 Å². The van der Waals surface area contributed by atoms with Gasteiger partial charge in [0.25, 0.3) is 11.1 Å². The van der Waals surface area contributed by atoms with Crippen LogP contribution in [0.5, 0.6) is 11.5 Å². The van der Waals surface area contributed by atoms with E-state index in [0.717, 1.165) is 27.8 Å². The van der Waals surface area contributed by atoms with Crippen LogP contribution in [0.3, 0.4) is 0 Å². The first-order valence-electron chi connectivity index (χ1n) is 9.95. The molecule has 1 fully saturated rings. The number of nitrogens with zero attached hydrogens (tertiary/aromatic N) is 1. The van der Waals surface area contributed by atoms with Gasteiger partial charge in [-0.2, -0.15) is 0 Å². The minimum Gasteiger partial charge on any atom is -0.493 e. The molecule has 0 atom stereocenters. The van der Waals surface area contributed by atoms with Gasteiger partial charge >= 0.3 is 0 Å². The number of amides is 2. The van der Waals surface area contributed by atoms with Crippen LogP contribution in [-0.4, -0.2) is 18.3 Å². The SMILES string of the molecule is COc1cc(/C=C2/SC(=O)N(c3cccc(Cl)c3)C2=O)cc(Cl)c1OCc1cccc(C)c1. The van der Waals surface area contributed by atoms with Crippen LogP contribution in [0, 0.1) is 6.92 Å². The number of aryl methyl sites for hydroxylation is 1. The van der Waals surface area contributed by atoms with Crippen molar-refractivity contribution < 1.29 is 19.1 Å². The third-order valence-electron chi connectivity index (χ3n) is 4.88. The Labute approximate surface area is 205 Å². The minimum atomic E-state index is -0.429. The molecular formula is C25H19Cl2NO4S. The zero-order valence-electron chi connectivity index (χ0n) is 17.8. The van der Waals surface area contributed by atoms with Crippen molar-refractivity contribution in [3.8, 4) is 11.5 Å². The quantitative estimate of drug-likeness (QED) is 0.337. The fourth-order valence-electron chi connectivity index (χ4n) is 3.38. The number of benzene rings is 3. The van der Waals surface area contributed by atoms with Crippen molar-refractivity contribution in [2.24, 2.45) is 0 Å². The van der Waals surface area contributed by atoms with Crippen molar-refractivity contribution in [3.63, 3.8) is 0 Å². The molecule has 3 aromatic carbocycles. The number of anilines is 1. The predicted octanol–water partition coefficient (Wildman–Crippen LogP) is 7.13. The van der Waals surface area contributed by atoms with Crippen LogP contribution in [0.25, 0.3) is 6.08 Å². The molecule has 5 nitrogen and oxygen atoms in total. The lowest BCUT2D eigenvalue weighted by molar-refractivity contribution is -0.113. The summed E-state index contributed by atoms with van der Waals surface area (Å²) < 4.78 is 11.4. The summed E-state index contributed by atoms with van der Waals surface area (Å²) in [6.07, 6.45) is 1.61. The molecule has 33 heavy (non-hydrogen) atoms. The van der Waals surface area contributed by atoms with Gasteiger partial charge in [0.1, 0.15) is 6.61 Å². The number of carbonyl (C=O) groups is 2. The maximum absolute atomic E-state index is 12.9. The first-order valence-corrected chi connectivity index (χ1v) is 11.5. The molecule has 8 heteroatoms. The fraction of sp³-hybridized carbons (Fsp3) is 0.120. The number of halogens is 2. The molecule has 0 aliphatic carbocycles. The number of hydrogen-bond donors (Lipinski definition) is 0. The summed E-state index contributed by atoms with van der Waals surface area (Å²) in [6, 6.07) is 18.0. The third kappa shape index (κ3) is 5.19. The molecule has 1 saturated heterocycles. The van der Waals surface area contributed by atoms with Crippen molar-refractivity contribution in [1.29, 1.82) is 0 Å². The molecule has 0 spiro atoms. The molecule has 4 rings (SSSR count). The summed E-state index contributed by atoms with van der Waals surface area (Å²) in [5.74, 6) is 0.405. The van der Waals surface area contributed by atoms with Crippen molar-refractivity contribution >= 4 is 57.9 Å². The average Bonchev–Trinajstić information content (AvgIpc) is 3.05. The zero-order valence-corrected chi connectivity index (χ0v) is 20.1. The van der Waals surface area contributed by atoms with Gasteiger partial charge in [0.2, 0.25) is 0 Å². The lowest BCUT2D eigenvalue weighted by atomic mass is 10.1. The molecule has 1 aliphatic heterocycles. The normalized spacial score (nSPS) is 14.8. The number of carbonyl (C=O) groups excluding carboxylic acids is 2. The highest BCUT2D eigenvalue weighted by Gasteiger charge is 2.36. The third-order valence-corrected chi connectivity index (χ3v) is 6.26. The summed E-state index contributed by atoms with van der Waals surface area (Å²) >= 11 is 13.3. The van der Waals surface area contributed by atoms with Gasteiger partial charge in [-0.25, -0.2) is 4.90 Å². The summed E-state index contributed by atoms with van der Waals surface area (Å²) in [5.41, 5.74) is 3.17. The molecule has 168 valence electrons. The number of methoxy groups -OCH3 is 1. The highest BCUT2D eigenvalue weighted by Crippen LogP contribution is 2.40. The Hall–Kier alpha value is -2.93. The van der Waals surface area contributed by atoms with Gasteiger partial charge in [0.05, 0.1) is 22.7 Å². The van der Waals surface area contributed by atoms with E-state index in [-0.39, 0.29) is 4.91 Å². The molecule has 3 aromatic rings. The molecule has 0 radical (unpaired) electrons. The van der Waals surface area contributed by atoms with Gasteiger partial charge in [-0.1, -0.05) is 59.1 Å². The predicted molar refractivity (Wildman–Crippen MR) is 133 cm³/mol. The van der Waals surface area contributed by atoms with Crippen molar-refractivity contribution in [1.82, 2.24) is 0 Å². The number of rotatable bonds is 6. The number of ether oxygens (including phenoxy) is 2. The summed E-state index contributed by atoms with van der Waals surface area (Å²) in [6.45, 7) is 2.34. The molecule has 0 aromatic heterocycles. The average molecular weight is 500 g/mol. The van der Waals surface area contributed by atoms with E-state index in [4.69, 9.17) is 32.7 Å². The standard InChI is InChI=1S/C25H19Cl2NO4S/c1-15-5-3-6-16(9-15)14-32-23-20(27)10-17(11-21(23)31-2)12-22-24(29)28(25(30)33-22)19-8-4-7-18(26)13-19/h3-13H,14H2,1-2H3/b22-12+. The number of imide groups is 1. The van der Waals surface area contributed by atoms with E-state index in [1.165, 1.54) is 7.11 Å². The van der Waals surface area contributed by atoms with Gasteiger partial charge < -0.3 is 9.47 Å². The van der Waals surface area contributed by atoms with Crippen LogP contribution in [-0.2, 0) is 11.4 Å². The number of hydrogen-bond acceptors (Lipinski definition) is 5. The van der Waals surface area contributed by atoms with Crippen LogP contribution >= 0.6 is 35.0 Å². The Kier molecular flexibility index (Phi) is 6.98. The lowest BCUT2D eigenvalue weighted by Gasteiger charge is -2.14. The largest absolute Gasteiger partial charge is 0.493 e. The van der Waals surface area contributed by atoms with Gasteiger partial charge in [-0.3, -0.25) is 9.59 Å². The Morgan fingerprint density at radius 3 is 2.55 bits per heavy atom. The maximum Gasteiger partial charge on any atom is 0.298 e. The summed E-state index contributed by atoms with van der Waals surface area (Å²) in [4.78, 5) is 26.8. The molecule has 0 unspecified atom stereocenters. The lowest BCUT2D eigenvalue weighted by Crippen LogP contribution is -2.27. The van der Waals surface area contributed by atoms with Crippen LogP contribution in [0.4, 0.5) is 10.5 Å². The second kappa shape index (κ2) is 9.91. The second-order valence-corrected chi connectivity index (χ2v) is 9.15. The Bertz CT molecular complexity index is 1280. The summed E-state index contributed by atoms with van der Waals surface area (Å²) in [5, 5.41) is 0.375. The van der Waals surface area contributed by atoms with E-state index >= 15 is 0 Å². The monoisotopic (exact) mass is 499 g/mol. The van der Waals surface area contributed by atoms with Crippen LogP contribution in [0.2, 0.25) is 10.0 Å². The molecule has 0 N–H and O–H groups in total. The van der Waals surface area contributed by atoms with Gasteiger partial charge in [0, 0.05) is 5.02 Å². The van der Waals surface area contributed by atoms with Crippen molar-refractivity contribution in [2.45, 2.75) is 13.5 Å². The fourth-order valence-corrected chi connectivity index (χ4v) is 4.68. The molecule has 2 amide bonds. The Balaban J connectivity index is 1.58. The smallest absolute Gasteiger partial charge is 0.298 e. The topological polar surface area (TPSA) is 55.8 Å². The van der Waals surface area contributed by atoms with Gasteiger partial charge in [-0.15, -0.1) is 0 Å². The molecule has 0 saturated carbocycles. The number of thioether (sulfide) groups is 1. The van der Waals surface area contributed by atoms with E-state index in [1.54, 1.807) is 42.5 Å². The van der Waals surface area contributed by atoms with E-state index in [2.05, 4.69) is 0 Å². The van der Waals surface area contributed by atoms with Crippen molar-refractivity contribution in [2.75, 3.05) is 12.0 Å². The van der Waals surface area contributed by atoms with Gasteiger partial charge in [0.15, 0.2) is 11.5 Å². The zero-order chi connectivity index (χ0) is 23.5. The van der Waals surface area contributed by atoms with E-state index in [0.29, 0.717) is 39.4 Å². The first-order chi connectivity index (χ1) is 15.9. The molecule has 1 aliphatic rings. The van der Waals surface area contributed by atoms with Crippen LogP contribution in [0.1, 0.15) is 16.7 Å². The molecule has 0 bridgehead atoms. The van der Waals surface area contributed by atoms with Crippen LogP contribution in [0.15, 0.2) is 65.6 Å². The van der Waals surface area contributed by atoms with Crippen LogP contribution < -0.4 is 14.4 Å². The van der Waals surface area contributed by atoms with E-state index in [1.807, 2.05) is 31.2 Å². The molecular weight excluding hydrogens is 481 g/mol. The highest BCUT2D eigenvalue weighted by molar-refractivity contribution is 8.19. The minimum absolute atomic E-state index is 0.270. The van der Waals surface area contributed by atoms with Crippen molar-refractivity contribution in [3.05, 3.63) is 92.3 Å². The Morgan fingerprint density at radius 2 is 1.82 bits per heavy atom. The second-order valence-electron chi connectivity index (χ2n) is 7.31. The van der Waals surface area contributed by atoms with E-state index in [9.17, 15) is 9.59 Å². The Morgan fingerprint density at radius 1 is 1.03 bits per heavy atom. The molecule has 1 heterocycles. The first kappa shape index (κ1) is 23.2. The maximum atomic E-state index is 12.9. The van der Waals surface area contributed by atoms with Gasteiger partial charge in [-0.05, 0) is 66.2 Å². The summed E-state index contributed by atoms with van der Waals surface area (Å²) in [7, 11) is 1.52.